The molecule has 238 valence electrons. The summed E-state index contributed by atoms with van der Waals surface area (Å²) in [6, 6.07) is 25.4. The molecule has 0 saturated heterocycles. The van der Waals surface area contributed by atoms with Crippen LogP contribution in [0, 0.1) is 0 Å². The van der Waals surface area contributed by atoms with E-state index in [0.717, 1.165) is 21.9 Å². The molecule has 4 heterocycles. The molecule has 0 unspecified atom stereocenters. The Balaban J connectivity index is 1.31. The predicted octanol–water partition coefficient (Wildman–Crippen LogP) is 11.8. The summed E-state index contributed by atoms with van der Waals surface area (Å²) in [7, 11) is 0. The largest absolute Gasteiger partial charge is 0.455 e. The van der Waals surface area contributed by atoms with Gasteiger partial charge in [0.05, 0.1) is 35.7 Å². The molecule has 0 atom stereocenters. The molecule has 7 aromatic carbocycles. The first kappa shape index (κ1) is 19.8. The maximum atomic E-state index is 9.56. The van der Waals surface area contributed by atoms with E-state index in [1.807, 2.05) is 91.0 Å². The van der Waals surface area contributed by atoms with Crippen LogP contribution in [0.25, 0.3) is 106 Å². The van der Waals surface area contributed by atoms with Crippen LogP contribution in [-0.4, -0.2) is 19.5 Å². The number of nitrogens with zero attached hydrogens (tertiary/aromatic N) is 4. The highest BCUT2D eigenvalue weighted by Gasteiger charge is 2.23. The summed E-state index contributed by atoms with van der Waals surface area (Å²) in [5.74, 6) is 0.195. The highest BCUT2D eigenvalue weighted by molar-refractivity contribution is 6.23. The summed E-state index contributed by atoms with van der Waals surface area (Å²) in [5, 5.41) is 1.37. The van der Waals surface area contributed by atoms with Crippen LogP contribution in [0.15, 0.2) is 166 Å². The molecule has 6 heteroatoms. The highest BCUT2D eigenvalue weighted by Crippen LogP contribution is 2.41. The predicted molar refractivity (Wildman–Crippen MR) is 205 cm³/mol. The Labute approximate surface area is 304 Å². The van der Waals surface area contributed by atoms with Crippen LogP contribution in [0.4, 0.5) is 0 Å². The van der Waals surface area contributed by atoms with Gasteiger partial charge in [-0.15, -0.1) is 0 Å². The second-order valence-corrected chi connectivity index (χ2v) is 12.1. The van der Waals surface area contributed by atoms with E-state index in [1.54, 1.807) is 6.07 Å². The zero-order valence-corrected chi connectivity index (χ0v) is 26.3. The summed E-state index contributed by atoms with van der Waals surface area (Å²) in [4.78, 5) is 15.0. The van der Waals surface area contributed by atoms with Crippen LogP contribution in [0.1, 0.15) is 13.7 Å². The number of rotatable bonds is 4. The number of benzene rings is 7. The molecular formula is C45H26N4O2. The fourth-order valence-corrected chi connectivity index (χ4v) is 6.88. The molecule has 11 aromatic rings. The van der Waals surface area contributed by atoms with Gasteiger partial charge in [-0.05, 0) is 53.5 Å². The van der Waals surface area contributed by atoms with E-state index >= 15 is 0 Å². The summed E-state index contributed by atoms with van der Waals surface area (Å²) < 4.78 is 103. The summed E-state index contributed by atoms with van der Waals surface area (Å²) in [6.45, 7) is 0. The Hall–Kier alpha value is -7.05. The van der Waals surface area contributed by atoms with Crippen LogP contribution < -0.4 is 0 Å². The first-order chi connectivity index (χ1) is 29.4. The Morgan fingerprint density at radius 1 is 0.471 bits per heavy atom. The summed E-state index contributed by atoms with van der Waals surface area (Å²) >= 11 is 0. The van der Waals surface area contributed by atoms with Crippen LogP contribution in [-0.2, 0) is 0 Å². The van der Waals surface area contributed by atoms with Crippen molar-refractivity contribution in [2.75, 3.05) is 0 Å². The topological polar surface area (TPSA) is 69.9 Å². The third kappa shape index (κ3) is 4.20. The number of hydrogen-bond acceptors (Lipinski definition) is 5. The Kier molecular flexibility index (Phi) is 4.17. The molecule has 51 heavy (non-hydrogen) atoms. The van der Waals surface area contributed by atoms with Gasteiger partial charge in [0.2, 0.25) is 5.95 Å². The molecule has 0 bridgehead atoms. The molecule has 0 amide bonds. The quantitative estimate of drug-likeness (QED) is 0.187. The SMILES string of the molecule is [2H]c1c([2H])c([2H])c2c(oc3c2c([2H])c([2H])c2c3c3c([2H])c([2H])c([2H])c([2H])c3n2-c2nc(-c3cccc(-c4ccccc4)c3)nc(-c3cccc4c3oc3ccccc34)n2)c1[2H]. The van der Waals surface area contributed by atoms with E-state index in [9.17, 15) is 5.48 Å². The molecule has 0 fully saturated rings. The number of para-hydroxylation sites is 4. The summed E-state index contributed by atoms with van der Waals surface area (Å²) in [5.41, 5.74) is 3.41. The number of hydrogen-bond donors (Lipinski definition) is 0. The van der Waals surface area contributed by atoms with Crippen molar-refractivity contribution in [3.8, 4) is 39.9 Å². The third-order valence-corrected chi connectivity index (χ3v) is 9.17. The zero-order valence-electron chi connectivity index (χ0n) is 36.3. The van der Waals surface area contributed by atoms with Crippen LogP contribution >= 0.6 is 0 Å². The van der Waals surface area contributed by atoms with Gasteiger partial charge in [0.1, 0.15) is 22.3 Å². The Bertz CT molecular complexity index is 3730. The maximum Gasteiger partial charge on any atom is 0.238 e. The average Bonchev–Trinajstić information content (AvgIpc) is 3.99. The lowest BCUT2D eigenvalue weighted by Gasteiger charge is -2.12. The van der Waals surface area contributed by atoms with E-state index in [1.165, 1.54) is 4.57 Å². The lowest BCUT2D eigenvalue weighted by atomic mass is 10.0. The van der Waals surface area contributed by atoms with Crippen molar-refractivity contribution in [3.05, 3.63) is 157 Å². The molecule has 0 radical (unpaired) electrons. The second-order valence-electron chi connectivity index (χ2n) is 12.1. The smallest absolute Gasteiger partial charge is 0.238 e. The molecule has 0 N–H and O–H groups in total. The monoisotopic (exact) mass is 664 g/mol. The van der Waals surface area contributed by atoms with E-state index in [4.69, 9.17) is 32.0 Å². The standard InChI is InChI=1S/C45H26N4O2/c1-2-12-27(13-3-1)28-14-10-15-29(26-28)43-46-44(35-20-11-19-32-30-16-5-8-22-38(30)50-41(32)35)48-45(47-43)49-36-21-7-4-18-34(36)40-37(49)25-24-33-31-17-6-9-23-39(31)51-42(33)40/h1-26H/i4D,6D,7D,9D,17D,18D,21D,23D,24D,25D. The third-order valence-electron chi connectivity index (χ3n) is 9.17. The fourth-order valence-electron chi connectivity index (χ4n) is 6.88. The zero-order chi connectivity index (χ0) is 42.2. The van der Waals surface area contributed by atoms with Gasteiger partial charge in [-0.25, -0.2) is 4.98 Å². The van der Waals surface area contributed by atoms with Gasteiger partial charge in [-0.3, -0.25) is 4.57 Å². The highest BCUT2D eigenvalue weighted by atomic mass is 16.3. The number of fused-ring (bicyclic) bond motifs is 10. The van der Waals surface area contributed by atoms with Gasteiger partial charge in [0, 0.05) is 32.5 Å². The average molecular weight is 665 g/mol. The van der Waals surface area contributed by atoms with Gasteiger partial charge in [-0.2, -0.15) is 9.97 Å². The van der Waals surface area contributed by atoms with Crippen LogP contribution in [0.5, 0.6) is 0 Å². The van der Waals surface area contributed by atoms with Crippen molar-refractivity contribution in [3.63, 3.8) is 0 Å². The molecule has 6 nitrogen and oxygen atoms in total. The van der Waals surface area contributed by atoms with E-state index in [-0.39, 0.29) is 61.3 Å². The lowest BCUT2D eigenvalue weighted by Crippen LogP contribution is -2.06. The van der Waals surface area contributed by atoms with E-state index in [0.29, 0.717) is 22.3 Å². The van der Waals surface area contributed by atoms with Crippen molar-refractivity contribution in [1.82, 2.24) is 19.5 Å². The molecule has 0 aliphatic heterocycles. The lowest BCUT2D eigenvalue weighted by molar-refractivity contribution is 0.669. The molecule has 0 aliphatic carbocycles. The molecule has 4 aromatic heterocycles. The van der Waals surface area contributed by atoms with Gasteiger partial charge in [0.15, 0.2) is 11.6 Å². The van der Waals surface area contributed by atoms with Gasteiger partial charge in [0.25, 0.3) is 0 Å². The van der Waals surface area contributed by atoms with Crippen LogP contribution in [0.2, 0.25) is 0 Å². The fraction of sp³-hybridized carbons (Fsp3) is 0. The minimum Gasteiger partial charge on any atom is -0.455 e. The maximum absolute atomic E-state index is 9.56. The van der Waals surface area contributed by atoms with Crippen LogP contribution in [0.3, 0.4) is 0 Å². The van der Waals surface area contributed by atoms with E-state index < -0.39 is 60.4 Å². The minimum atomic E-state index is -0.572. The number of aromatic nitrogens is 4. The Morgan fingerprint density at radius 2 is 1.20 bits per heavy atom. The van der Waals surface area contributed by atoms with Crippen molar-refractivity contribution < 1.29 is 22.5 Å². The summed E-state index contributed by atoms with van der Waals surface area (Å²) in [6.07, 6.45) is 0. The molecule has 11 rings (SSSR count). The minimum absolute atomic E-state index is 0.0139. The van der Waals surface area contributed by atoms with Gasteiger partial charge >= 0.3 is 0 Å². The van der Waals surface area contributed by atoms with Crippen molar-refractivity contribution in [1.29, 1.82) is 0 Å². The van der Waals surface area contributed by atoms with E-state index in [2.05, 4.69) is 0 Å². The first-order valence-corrected chi connectivity index (χ1v) is 16.1. The molecule has 0 spiro atoms. The number of furan rings is 2. The van der Waals surface area contributed by atoms with Gasteiger partial charge in [-0.1, -0.05) is 115 Å². The Morgan fingerprint density at radius 3 is 2.14 bits per heavy atom. The molecular weight excluding hydrogens is 629 g/mol. The second kappa shape index (κ2) is 10.7. The van der Waals surface area contributed by atoms with Crippen molar-refractivity contribution >= 4 is 65.7 Å². The molecule has 0 aliphatic rings. The first-order valence-electron chi connectivity index (χ1n) is 21.1. The van der Waals surface area contributed by atoms with Crippen molar-refractivity contribution in [2.45, 2.75) is 0 Å². The van der Waals surface area contributed by atoms with Gasteiger partial charge < -0.3 is 8.83 Å². The molecule has 0 saturated carbocycles. The van der Waals surface area contributed by atoms with Crippen molar-refractivity contribution in [2.24, 2.45) is 0 Å². The normalized spacial score (nSPS) is 14.7.